The van der Waals surface area contributed by atoms with Gasteiger partial charge in [-0.15, -0.1) is 0 Å². The summed E-state index contributed by atoms with van der Waals surface area (Å²) in [6.07, 6.45) is 6.79. The molecule has 1 aliphatic rings. The van der Waals surface area contributed by atoms with Crippen molar-refractivity contribution in [2.24, 2.45) is 5.92 Å². The Bertz CT molecular complexity index is 574. The van der Waals surface area contributed by atoms with Gasteiger partial charge in [0.2, 0.25) is 5.95 Å². The standard InChI is InChI=1S/C14H22N6/c1-3-6-15-14-18-12(11-8-16-20-13(11)19-14)17-9(2)7-10-4-5-10/h8-10H,3-7H2,1-2H3,(H3,15,16,17,18,19,20). The van der Waals surface area contributed by atoms with Gasteiger partial charge in [-0.2, -0.15) is 15.1 Å². The fourth-order valence-corrected chi connectivity index (χ4v) is 2.41. The first kappa shape index (κ1) is 13.1. The number of hydrogen-bond donors (Lipinski definition) is 3. The van der Waals surface area contributed by atoms with Crippen molar-refractivity contribution in [1.29, 1.82) is 0 Å². The van der Waals surface area contributed by atoms with Crippen LogP contribution in [-0.4, -0.2) is 32.8 Å². The van der Waals surface area contributed by atoms with Gasteiger partial charge in [0.1, 0.15) is 5.82 Å². The molecule has 1 atom stereocenters. The highest BCUT2D eigenvalue weighted by Crippen LogP contribution is 2.34. The molecule has 6 nitrogen and oxygen atoms in total. The van der Waals surface area contributed by atoms with E-state index in [1.807, 2.05) is 0 Å². The summed E-state index contributed by atoms with van der Waals surface area (Å²) in [4.78, 5) is 9.02. The highest BCUT2D eigenvalue weighted by atomic mass is 15.2. The molecule has 20 heavy (non-hydrogen) atoms. The van der Waals surface area contributed by atoms with E-state index in [1.165, 1.54) is 19.3 Å². The normalized spacial score (nSPS) is 16.3. The lowest BCUT2D eigenvalue weighted by Gasteiger charge is -2.15. The smallest absolute Gasteiger partial charge is 0.226 e. The lowest BCUT2D eigenvalue weighted by atomic mass is 10.1. The van der Waals surface area contributed by atoms with Crippen molar-refractivity contribution in [3.05, 3.63) is 6.20 Å². The molecule has 2 heterocycles. The van der Waals surface area contributed by atoms with Crippen LogP contribution in [0.2, 0.25) is 0 Å². The van der Waals surface area contributed by atoms with E-state index in [9.17, 15) is 0 Å². The predicted octanol–water partition coefficient (Wildman–Crippen LogP) is 2.78. The Morgan fingerprint density at radius 2 is 2.25 bits per heavy atom. The Kier molecular flexibility index (Phi) is 3.71. The summed E-state index contributed by atoms with van der Waals surface area (Å²) in [6.45, 7) is 5.21. The van der Waals surface area contributed by atoms with Gasteiger partial charge >= 0.3 is 0 Å². The third-order valence-corrected chi connectivity index (χ3v) is 3.61. The van der Waals surface area contributed by atoms with Gasteiger partial charge in [-0.1, -0.05) is 19.8 Å². The molecule has 2 aromatic rings. The van der Waals surface area contributed by atoms with E-state index < -0.39 is 0 Å². The maximum atomic E-state index is 4.58. The Labute approximate surface area is 118 Å². The molecule has 108 valence electrons. The largest absolute Gasteiger partial charge is 0.367 e. The third-order valence-electron chi connectivity index (χ3n) is 3.61. The van der Waals surface area contributed by atoms with Gasteiger partial charge in [-0.25, -0.2) is 0 Å². The Hall–Kier alpha value is -1.85. The zero-order chi connectivity index (χ0) is 13.9. The molecule has 0 saturated heterocycles. The maximum Gasteiger partial charge on any atom is 0.226 e. The molecule has 0 amide bonds. The molecule has 0 aromatic carbocycles. The molecule has 6 heteroatoms. The highest BCUT2D eigenvalue weighted by molar-refractivity contribution is 5.87. The number of fused-ring (bicyclic) bond motifs is 1. The molecule has 3 rings (SSSR count). The fourth-order valence-electron chi connectivity index (χ4n) is 2.41. The van der Waals surface area contributed by atoms with Crippen LogP contribution in [-0.2, 0) is 0 Å². The van der Waals surface area contributed by atoms with E-state index in [1.54, 1.807) is 6.20 Å². The van der Waals surface area contributed by atoms with Crippen molar-refractivity contribution in [2.75, 3.05) is 17.2 Å². The number of hydrogen-bond acceptors (Lipinski definition) is 5. The van der Waals surface area contributed by atoms with Crippen molar-refractivity contribution >= 4 is 22.8 Å². The summed E-state index contributed by atoms with van der Waals surface area (Å²) in [5.41, 5.74) is 0.778. The van der Waals surface area contributed by atoms with Gasteiger partial charge in [-0.3, -0.25) is 5.10 Å². The number of aromatic amines is 1. The van der Waals surface area contributed by atoms with Crippen molar-refractivity contribution in [3.8, 4) is 0 Å². The number of H-pyrrole nitrogens is 1. The molecule has 1 saturated carbocycles. The quantitative estimate of drug-likeness (QED) is 0.723. The number of rotatable bonds is 7. The molecule has 0 radical (unpaired) electrons. The van der Waals surface area contributed by atoms with E-state index in [-0.39, 0.29) is 0 Å². The summed E-state index contributed by atoms with van der Waals surface area (Å²) < 4.78 is 0. The average molecular weight is 274 g/mol. The maximum absolute atomic E-state index is 4.58. The van der Waals surface area contributed by atoms with Gasteiger partial charge in [0.15, 0.2) is 5.65 Å². The first-order chi connectivity index (χ1) is 9.76. The molecule has 3 N–H and O–H groups in total. The minimum Gasteiger partial charge on any atom is -0.367 e. The Morgan fingerprint density at radius 1 is 1.40 bits per heavy atom. The number of anilines is 2. The molecule has 1 aliphatic carbocycles. The van der Waals surface area contributed by atoms with Crippen LogP contribution in [0.3, 0.4) is 0 Å². The lowest BCUT2D eigenvalue weighted by Crippen LogP contribution is -2.17. The van der Waals surface area contributed by atoms with Gasteiger partial charge in [-0.05, 0) is 25.7 Å². The highest BCUT2D eigenvalue weighted by Gasteiger charge is 2.24. The second-order valence-corrected chi connectivity index (χ2v) is 5.68. The zero-order valence-electron chi connectivity index (χ0n) is 12.1. The summed E-state index contributed by atoms with van der Waals surface area (Å²) in [7, 11) is 0. The summed E-state index contributed by atoms with van der Waals surface area (Å²) in [6, 6.07) is 0.425. The van der Waals surface area contributed by atoms with Crippen LogP contribution < -0.4 is 10.6 Å². The Morgan fingerprint density at radius 3 is 3.00 bits per heavy atom. The molecule has 0 bridgehead atoms. The van der Waals surface area contributed by atoms with Gasteiger partial charge in [0.25, 0.3) is 0 Å². The Balaban J connectivity index is 1.80. The van der Waals surface area contributed by atoms with Crippen LogP contribution in [0.1, 0.15) is 39.5 Å². The van der Waals surface area contributed by atoms with Crippen LogP contribution >= 0.6 is 0 Å². The van der Waals surface area contributed by atoms with Crippen LogP contribution in [0, 0.1) is 5.92 Å². The van der Waals surface area contributed by atoms with Gasteiger partial charge in [0, 0.05) is 12.6 Å². The second-order valence-electron chi connectivity index (χ2n) is 5.68. The second kappa shape index (κ2) is 5.64. The molecule has 0 spiro atoms. The number of nitrogens with zero attached hydrogens (tertiary/aromatic N) is 3. The predicted molar refractivity (Wildman–Crippen MR) is 80.9 cm³/mol. The SMILES string of the molecule is CCCNc1nc(NC(C)CC2CC2)c2cn[nH]c2n1. The summed E-state index contributed by atoms with van der Waals surface area (Å²) in [5, 5.41) is 14.7. The number of nitrogens with one attached hydrogen (secondary N) is 3. The number of aromatic nitrogens is 4. The lowest BCUT2D eigenvalue weighted by molar-refractivity contribution is 0.640. The van der Waals surface area contributed by atoms with E-state index in [4.69, 9.17) is 0 Å². The van der Waals surface area contributed by atoms with Gasteiger partial charge in [0.05, 0.1) is 11.6 Å². The molecule has 2 aromatic heterocycles. The van der Waals surface area contributed by atoms with E-state index >= 15 is 0 Å². The third kappa shape index (κ3) is 3.00. The average Bonchev–Trinajstić information content (AvgIpc) is 3.10. The molecule has 1 fully saturated rings. The monoisotopic (exact) mass is 274 g/mol. The van der Waals surface area contributed by atoms with Crippen LogP contribution in [0.4, 0.5) is 11.8 Å². The van der Waals surface area contributed by atoms with E-state index in [0.29, 0.717) is 12.0 Å². The first-order valence-corrected chi connectivity index (χ1v) is 7.47. The van der Waals surface area contributed by atoms with Crippen molar-refractivity contribution in [3.63, 3.8) is 0 Å². The molecule has 1 unspecified atom stereocenters. The molecule has 0 aliphatic heterocycles. The topological polar surface area (TPSA) is 78.5 Å². The van der Waals surface area contributed by atoms with E-state index in [2.05, 4.69) is 44.6 Å². The van der Waals surface area contributed by atoms with Gasteiger partial charge < -0.3 is 10.6 Å². The first-order valence-electron chi connectivity index (χ1n) is 7.47. The minimum absolute atomic E-state index is 0.425. The van der Waals surface area contributed by atoms with Crippen molar-refractivity contribution < 1.29 is 0 Å². The summed E-state index contributed by atoms with van der Waals surface area (Å²) in [5.74, 6) is 2.43. The van der Waals surface area contributed by atoms with Crippen molar-refractivity contribution in [2.45, 2.75) is 45.6 Å². The molecular weight excluding hydrogens is 252 g/mol. The zero-order valence-corrected chi connectivity index (χ0v) is 12.1. The molecular formula is C14H22N6. The van der Waals surface area contributed by atoms with Crippen molar-refractivity contribution in [1.82, 2.24) is 20.2 Å². The fraction of sp³-hybridized carbons (Fsp3) is 0.643. The summed E-state index contributed by atoms with van der Waals surface area (Å²) >= 11 is 0. The van der Waals surface area contributed by atoms with Crippen LogP contribution in [0.25, 0.3) is 11.0 Å². The van der Waals surface area contributed by atoms with Crippen LogP contribution in [0.5, 0.6) is 0 Å². The minimum atomic E-state index is 0.425. The van der Waals surface area contributed by atoms with E-state index in [0.717, 1.165) is 35.7 Å². The van der Waals surface area contributed by atoms with Crippen LogP contribution in [0.15, 0.2) is 6.20 Å².